The third-order valence-corrected chi connectivity index (χ3v) is 4.70. The fraction of sp³-hybridized carbons (Fsp3) is 0.857. The van der Waals surface area contributed by atoms with Gasteiger partial charge in [0.05, 0.1) is 18.8 Å². The SMILES string of the molecule is CCC1CCC(NC(=O)N2CCOCC2)(C(=N)N)CC1. The number of nitrogens with two attached hydrogens (primary N) is 1. The highest BCUT2D eigenvalue weighted by Crippen LogP contribution is 2.33. The van der Waals surface area contributed by atoms with E-state index >= 15 is 0 Å². The fourth-order valence-corrected chi connectivity index (χ4v) is 3.09. The molecule has 0 aromatic rings. The lowest BCUT2D eigenvalue weighted by Gasteiger charge is -2.41. The van der Waals surface area contributed by atoms with Gasteiger partial charge >= 0.3 is 6.03 Å². The van der Waals surface area contributed by atoms with Crippen LogP contribution in [0.15, 0.2) is 0 Å². The Hall–Kier alpha value is -1.30. The molecule has 6 nitrogen and oxygen atoms in total. The first kappa shape index (κ1) is 15.1. The molecular formula is C14H26N4O2. The second-order valence-corrected chi connectivity index (χ2v) is 5.88. The molecule has 6 heteroatoms. The van der Waals surface area contributed by atoms with Gasteiger partial charge in [-0.3, -0.25) is 5.41 Å². The summed E-state index contributed by atoms with van der Waals surface area (Å²) >= 11 is 0. The summed E-state index contributed by atoms with van der Waals surface area (Å²) < 4.78 is 5.25. The average molecular weight is 282 g/mol. The van der Waals surface area contributed by atoms with E-state index in [9.17, 15) is 4.79 Å². The molecule has 0 unspecified atom stereocenters. The van der Waals surface area contributed by atoms with Crippen LogP contribution < -0.4 is 11.1 Å². The first-order valence-electron chi connectivity index (χ1n) is 7.57. The van der Waals surface area contributed by atoms with E-state index in [-0.39, 0.29) is 11.9 Å². The van der Waals surface area contributed by atoms with E-state index in [0.29, 0.717) is 32.2 Å². The van der Waals surface area contributed by atoms with Gasteiger partial charge in [-0.05, 0) is 31.6 Å². The number of urea groups is 1. The summed E-state index contributed by atoms with van der Waals surface area (Å²) in [7, 11) is 0. The van der Waals surface area contributed by atoms with Crippen molar-refractivity contribution in [3.63, 3.8) is 0 Å². The monoisotopic (exact) mass is 282 g/mol. The lowest BCUT2D eigenvalue weighted by atomic mass is 9.75. The Kier molecular flexibility index (Phi) is 4.86. The van der Waals surface area contributed by atoms with Gasteiger partial charge in [-0.25, -0.2) is 4.79 Å². The van der Waals surface area contributed by atoms with E-state index in [1.54, 1.807) is 4.90 Å². The van der Waals surface area contributed by atoms with Crippen molar-refractivity contribution in [3.05, 3.63) is 0 Å². The van der Waals surface area contributed by atoms with Crippen LogP contribution >= 0.6 is 0 Å². The van der Waals surface area contributed by atoms with E-state index in [1.165, 1.54) is 0 Å². The number of hydrogen-bond acceptors (Lipinski definition) is 3. The zero-order valence-corrected chi connectivity index (χ0v) is 12.3. The molecule has 2 amide bonds. The van der Waals surface area contributed by atoms with Crippen molar-refractivity contribution >= 4 is 11.9 Å². The molecule has 1 aliphatic carbocycles. The highest BCUT2D eigenvalue weighted by molar-refractivity contribution is 5.92. The van der Waals surface area contributed by atoms with Gasteiger partial charge in [0.15, 0.2) is 0 Å². The van der Waals surface area contributed by atoms with Gasteiger partial charge in [-0.2, -0.15) is 0 Å². The number of ether oxygens (including phenoxy) is 1. The molecule has 2 rings (SSSR count). The minimum atomic E-state index is -0.638. The maximum atomic E-state index is 12.3. The van der Waals surface area contributed by atoms with Gasteiger partial charge in [-0.15, -0.1) is 0 Å². The third-order valence-electron chi connectivity index (χ3n) is 4.70. The Labute approximate surface area is 120 Å². The van der Waals surface area contributed by atoms with Crippen LogP contribution in [0.5, 0.6) is 0 Å². The van der Waals surface area contributed by atoms with Gasteiger partial charge in [0.2, 0.25) is 0 Å². The number of morpholine rings is 1. The molecular weight excluding hydrogens is 256 g/mol. The predicted molar refractivity (Wildman–Crippen MR) is 77.8 cm³/mol. The van der Waals surface area contributed by atoms with Crippen LogP contribution in [0.4, 0.5) is 4.79 Å². The van der Waals surface area contributed by atoms with Crippen LogP contribution in [0, 0.1) is 11.3 Å². The van der Waals surface area contributed by atoms with Crippen LogP contribution in [0.1, 0.15) is 39.0 Å². The van der Waals surface area contributed by atoms with Gasteiger partial charge < -0.3 is 20.7 Å². The quantitative estimate of drug-likeness (QED) is 0.538. The number of carbonyl (C=O) groups excluding carboxylic acids is 1. The minimum Gasteiger partial charge on any atom is -0.386 e. The number of amidine groups is 1. The average Bonchev–Trinajstić information content (AvgIpc) is 2.48. The number of amides is 2. The molecule has 2 fully saturated rings. The zero-order valence-electron chi connectivity index (χ0n) is 12.3. The molecule has 0 atom stereocenters. The summed E-state index contributed by atoms with van der Waals surface area (Å²) in [6.45, 7) is 4.57. The summed E-state index contributed by atoms with van der Waals surface area (Å²) in [5.74, 6) is 0.788. The predicted octanol–water partition coefficient (Wildman–Crippen LogP) is 1.30. The van der Waals surface area contributed by atoms with Crippen molar-refractivity contribution in [2.75, 3.05) is 26.3 Å². The molecule has 0 bridgehead atoms. The number of hydrogen-bond donors (Lipinski definition) is 3. The highest BCUT2D eigenvalue weighted by Gasteiger charge is 2.40. The molecule has 1 saturated carbocycles. The molecule has 20 heavy (non-hydrogen) atoms. The van der Waals surface area contributed by atoms with E-state index in [0.717, 1.165) is 32.1 Å². The van der Waals surface area contributed by atoms with Gasteiger partial charge in [0, 0.05) is 13.1 Å². The summed E-state index contributed by atoms with van der Waals surface area (Å²) in [4.78, 5) is 14.1. The summed E-state index contributed by atoms with van der Waals surface area (Å²) in [5, 5.41) is 10.9. The molecule has 2 aliphatic rings. The van der Waals surface area contributed by atoms with Crippen LogP contribution in [0.2, 0.25) is 0 Å². The Morgan fingerprint density at radius 1 is 1.40 bits per heavy atom. The van der Waals surface area contributed by atoms with E-state index in [2.05, 4.69) is 12.2 Å². The first-order valence-corrected chi connectivity index (χ1v) is 7.57. The standard InChI is InChI=1S/C14H26N4O2/c1-2-11-3-5-14(6-4-11,12(15)16)17-13(19)18-7-9-20-10-8-18/h11H,2-10H2,1H3,(H3,15,16)(H,17,19). The summed E-state index contributed by atoms with van der Waals surface area (Å²) in [6.07, 6.45) is 4.76. The Balaban J connectivity index is 1.98. The maximum Gasteiger partial charge on any atom is 0.318 e. The van der Waals surface area contributed by atoms with E-state index < -0.39 is 5.54 Å². The van der Waals surface area contributed by atoms with Gasteiger partial charge in [-0.1, -0.05) is 13.3 Å². The third kappa shape index (κ3) is 3.23. The van der Waals surface area contributed by atoms with E-state index in [4.69, 9.17) is 15.9 Å². The van der Waals surface area contributed by atoms with Crippen LogP contribution in [0.3, 0.4) is 0 Å². The molecule has 114 valence electrons. The summed E-state index contributed by atoms with van der Waals surface area (Å²) in [5.41, 5.74) is 5.15. The molecule has 0 aromatic heterocycles. The van der Waals surface area contributed by atoms with Crippen molar-refractivity contribution in [2.45, 2.75) is 44.6 Å². The molecule has 0 aromatic carbocycles. The number of nitrogens with one attached hydrogen (secondary N) is 2. The Bertz CT molecular complexity index is 358. The largest absolute Gasteiger partial charge is 0.386 e. The summed E-state index contributed by atoms with van der Waals surface area (Å²) in [6, 6.07) is -0.113. The molecule has 1 heterocycles. The number of rotatable bonds is 3. The fourth-order valence-electron chi connectivity index (χ4n) is 3.09. The normalized spacial score (nSPS) is 30.9. The van der Waals surface area contributed by atoms with Crippen LogP contribution in [-0.2, 0) is 4.74 Å². The second-order valence-electron chi connectivity index (χ2n) is 5.88. The topological polar surface area (TPSA) is 91.4 Å². The Morgan fingerprint density at radius 3 is 2.50 bits per heavy atom. The van der Waals surface area contributed by atoms with Crippen LogP contribution in [-0.4, -0.2) is 48.6 Å². The van der Waals surface area contributed by atoms with E-state index in [1.807, 2.05) is 0 Å². The first-order chi connectivity index (χ1) is 9.57. The van der Waals surface area contributed by atoms with Crippen molar-refractivity contribution in [1.29, 1.82) is 5.41 Å². The molecule has 4 N–H and O–H groups in total. The Morgan fingerprint density at radius 2 is 2.00 bits per heavy atom. The van der Waals surface area contributed by atoms with Crippen molar-refractivity contribution in [1.82, 2.24) is 10.2 Å². The highest BCUT2D eigenvalue weighted by atomic mass is 16.5. The second kappa shape index (κ2) is 6.43. The lowest BCUT2D eigenvalue weighted by molar-refractivity contribution is 0.0509. The zero-order chi connectivity index (χ0) is 14.6. The van der Waals surface area contributed by atoms with Crippen molar-refractivity contribution in [3.8, 4) is 0 Å². The molecule has 1 aliphatic heterocycles. The minimum absolute atomic E-state index is 0.0914. The molecule has 0 spiro atoms. The van der Waals surface area contributed by atoms with Gasteiger partial charge in [0.25, 0.3) is 0 Å². The molecule has 1 saturated heterocycles. The molecule has 0 radical (unpaired) electrons. The number of carbonyl (C=O) groups is 1. The lowest BCUT2D eigenvalue weighted by Crippen LogP contribution is -2.62. The number of nitrogens with zero attached hydrogens (tertiary/aromatic N) is 1. The van der Waals surface area contributed by atoms with Crippen molar-refractivity contribution < 1.29 is 9.53 Å². The van der Waals surface area contributed by atoms with Crippen LogP contribution in [0.25, 0.3) is 0 Å². The van der Waals surface area contributed by atoms with Crippen molar-refractivity contribution in [2.24, 2.45) is 11.7 Å². The van der Waals surface area contributed by atoms with Gasteiger partial charge in [0.1, 0.15) is 5.84 Å². The smallest absolute Gasteiger partial charge is 0.318 e. The maximum absolute atomic E-state index is 12.3.